The molecule has 13 heavy (non-hydrogen) atoms. The van der Waals surface area contributed by atoms with Crippen LogP contribution in [0.1, 0.15) is 0 Å². The van der Waals surface area contributed by atoms with Gasteiger partial charge in [0.2, 0.25) is 0 Å². The predicted octanol–water partition coefficient (Wildman–Crippen LogP) is -0.278. The van der Waals surface area contributed by atoms with E-state index in [0.717, 1.165) is 12.8 Å². The summed E-state index contributed by atoms with van der Waals surface area (Å²) < 4.78 is 5.73. The van der Waals surface area contributed by atoms with Gasteiger partial charge in [-0.3, -0.25) is 4.90 Å². The highest BCUT2D eigenvalue weighted by Gasteiger charge is 2.11. The van der Waals surface area contributed by atoms with Crippen molar-refractivity contribution in [1.82, 2.24) is 9.80 Å². The van der Waals surface area contributed by atoms with Gasteiger partial charge >= 0.3 is 0 Å². The van der Waals surface area contributed by atoms with E-state index in [1.54, 1.807) is 0 Å². The molecule has 0 saturated heterocycles. The lowest BCUT2D eigenvalue weighted by Gasteiger charge is -2.27. The Labute approximate surface area is 84.2 Å². The summed E-state index contributed by atoms with van der Waals surface area (Å²) in [7, 11) is 8.02. The lowest BCUT2D eigenvalue weighted by atomic mass is 10.5. The third-order valence-electron chi connectivity index (χ3n) is 1.73. The molecule has 0 amide bonds. The number of nitrogens with zero attached hydrogens (tertiary/aromatic N) is 2. The van der Waals surface area contributed by atoms with Gasteiger partial charge in [0, 0.05) is 12.8 Å². The molecule has 0 rings (SSSR count). The highest BCUT2D eigenvalue weighted by atomic mass is 28.2. The quantitative estimate of drug-likeness (QED) is 0.321. The zero-order valence-electron chi connectivity index (χ0n) is 9.29. The Bertz CT molecular complexity index is 140. The van der Waals surface area contributed by atoms with Gasteiger partial charge in [-0.05, 0) is 28.2 Å². The number of hydrogen-bond donors (Lipinski definition) is 0. The summed E-state index contributed by atoms with van der Waals surface area (Å²) in [4.78, 5) is 4.25. The van der Waals surface area contributed by atoms with Crippen LogP contribution in [0.15, 0.2) is 12.3 Å². The third kappa shape index (κ3) is 6.95. The van der Waals surface area contributed by atoms with E-state index in [4.69, 9.17) is 4.74 Å². The summed E-state index contributed by atoms with van der Waals surface area (Å²) in [5, 5.41) is 0. The van der Waals surface area contributed by atoms with E-state index in [9.17, 15) is 0 Å². The van der Waals surface area contributed by atoms with Crippen molar-refractivity contribution in [2.45, 2.75) is 6.23 Å². The van der Waals surface area contributed by atoms with Gasteiger partial charge in [-0.2, -0.15) is 0 Å². The van der Waals surface area contributed by atoms with Crippen molar-refractivity contribution in [2.75, 3.05) is 41.0 Å². The fourth-order valence-corrected chi connectivity index (χ4v) is 1.54. The third-order valence-corrected chi connectivity index (χ3v) is 2.61. The molecule has 0 aliphatic rings. The van der Waals surface area contributed by atoms with E-state index < -0.39 is 0 Å². The van der Waals surface area contributed by atoms with Gasteiger partial charge in [0.25, 0.3) is 0 Å². The van der Waals surface area contributed by atoms with Gasteiger partial charge in [-0.15, -0.1) is 12.3 Å². The molecule has 0 radical (unpaired) electrons. The maximum absolute atomic E-state index is 5.73. The Morgan fingerprint density at radius 1 is 1.38 bits per heavy atom. The summed E-state index contributed by atoms with van der Waals surface area (Å²) in [6.07, 6.45) is 1.10. The minimum atomic E-state index is -0.190. The monoisotopic (exact) mass is 202 g/mol. The van der Waals surface area contributed by atoms with Crippen molar-refractivity contribution in [2.24, 2.45) is 0 Å². The first-order valence-electron chi connectivity index (χ1n) is 4.61. The number of likely N-dealkylation sites (N-methyl/N-ethyl adjacent to an activating group) is 2. The standard InChI is InChI=1S/C9H22N2OSi/c1-6-13-8-12-9(11(4)5)7-10(2)3/h6,9H,1,7-8,13H2,2-5H3. The van der Waals surface area contributed by atoms with Gasteiger partial charge in [0.1, 0.15) is 6.23 Å². The molecule has 0 heterocycles. The Hall–Kier alpha value is -0.163. The molecule has 1 atom stereocenters. The summed E-state index contributed by atoms with van der Waals surface area (Å²) in [5.74, 6) is 0. The Balaban J connectivity index is 3.73. The van der Waals surface area contributed by atoms with Gasteiger partial charge in [0.15, 0.2) is 0 Å². The zero-order chi connectivity index (χ0) is 10.3. The van der Waals surface area contributed by atoms with Crippen LogP contribution in [0.25, 0.3) is 0 Å². The van der Waals surface area contributed by atoms with Crippen LogP contribution in [-0.4, -0.2) is 66.5 Å². The van der Waals surface area contributed by atoms with E-state index in [-0.39, 0.29) is 15.7 Å². The first kappa shape index (κ1) is 12.8. The second-order valence-corrected chi connectivity index (χ2v) is 5.19. The van der Waals surface area contributed by atoms with Gasteiger partial charge in [-0.25, -0.2) is 0 Å². The van der Waals surface area contributed by atoms with Crippen LogP contribution in [-0.2, 0) is 4.74 Å². The smallest absolute Gasteiger partial charge is 0.122 e. The van der Waals surface area contributed by atoms with Crippen molar-refractivity contribution >= 4 is 9.52 Å². The van der Waals surface area contributed by atoms with Crippen LogP contribution in [0.5, 0.6) is 0 Å². The molecule has 0 N–H and O–H groups in total. The van der Waals surface area contributed by atoms with E-state index in [2.05, 4.69) is 30.5 Å². The lowest BCUT2D eigenvalue weighted by Crippen LogP contribution is -2.40. The summed E-state index contributed by atoms with van der Waals surface area (Å²) in [6.45, 7) is 4.66. The first-order chi connectivity index (χ1) is 6.07. The minimum Gasteiger partial charge on any atom is -0.365 e. The average molecular weight is 202 g/mol. The predicted molar refractivity (Wildman–Crippen MR) is 60.7 cm³/mol. The Morgan fingerprint density at radius 2 is 2.00 bits per heavy atom. The highest BCUT2D eigenvalue weighted by Crippen LogP contribution is 1.96. The highest BCUT2D eigenvalue weighted by molar-refractivity contribution is 6.41. The fraction of sp³-hybridized carbons (Fsp3) is 0.778. The molecule has 4 heteroatoms. The van der Waals surface area contributed by atoms with E-state index in [1.807, 2.05) is 19.8 Å². The van der Waals surface area contributed by atoms with Crippen LogP contribution in [0.2, 0.25) is 0 Å². The molecule has 0 aromatic carbocycles. The second-order valence-electron chi connectivity index (χ2n) is 3.63. The molecule has 0 bridgehead atoms. The van der Waals surface area contributed by atoms with Crippen LogP contribution < -0.4 is 0 Å². The topological polar surface area (TPSA) is 15.7 Å². The van der Waals surface area contributed by atoms with Gasteiger partial charge in [0.05, 0.1) is 9.52 Å². The number of hydrogen-bond acceptors (Lipinski definition) is 3. The van der Waals surface area contributed by atoms with E-state index in [0.29, 0.717) is 0 Å². The molecule has 0 saturated carbocycles. The molecule has 0 aliphatic carbocycles. The maximum Gasteiger partial charge on any atom is 0.122 e. The van der Waals surface area contributed by atoms with Crippen molar-refractivity contribution < 1.29 is 4.74 Å². The SMILES string of the molecule is C=C[SiH2]COC(CN(C)C)N(C)C. The molecule has 3 nitrogen and oxygen atoms in total. The summed E-state index contributed by atoms with van der Waals surface area (Å²) >= 11 is 0. The Morgan fingerprint density at radius 3 is 2.38 bits per heavy atom. The van der Waals surface area contributed by atoms with Crippen molar-refractivity contribution in [3.8, 4) is 0 Å². The van der Waals surface area contributed by atoms with Crippen LogP contribution in [0.3, 0.4) is 0 Å². The summed E-state index contributed by atoms with van der Waals surface area (Å²) in [5.41, 5.74) is 2.02. The summed E-state index contributed by atoms with van der Waals surface area (Å²) in [6, 6.07) is 0. The second kappa shape index (κ2) is 7.26. The van der Waals surface area contributed by atoms with Gasteiger partial charge in [-0.1, -0.05) is 0 Å². The van der Waals surface area contributed by atoms with Crippen molar-refractivity contribution in [1.29, 1.82) is 0 Å². The Kier molecular flexibility index (Phi) is 7.17. The molecular weight excluding hydrogens is 180 g/mol. The van der Waals surface area contributed by atoms with Crippen molar-refractivity contribution in [3.05, 3.63) is 12.3 Å². The van der Waals surface area contributed by atoms with Crippen LogP contribution in [0, 0.1) is 0 Å². The number of rotatable bonds is 7. The molecule has 0 spiro atoms. The molecule has 0 fully saturated rings. The molecule has 0 aromatic heterocycles. The van der Waals surface area contributed by atoms with Crippen LogP contribution in [0.4, 0.5) is 0 Å². The van der Waals surface area contributed by atoms with Crippen LogP contribution >= 0.6 is 0 Å². The van der Waals surface area contributed by atoms with E-state index >= 15 is 0 Å². The van der Waals surface area contributed by atoms with Gasteiger partial charge < -0.3 is 9.64 Å². The lowest BCUT2D eigenvalue weighted by molar-refractivity contribution is -0.0290. The first-order valence-corrected chi connectivity index (χ1v) is 6.43. The minimum absolute atomic E-state index is 0.190. The van der Waals surface area contributed by atoms with Crippen molar-refractivity contribution in [3.63, 3.8) is 0 Å². The zero-order valence-corrected chi connectivity index (χ0v) is 10.7. The fourth-order valence-electron chi connectivity index (χ4n) is 0.965. The van der Waals surface area contributed by atoms with E-state index in [1.165, 1.54) is 0 Å². The average Bonchev–Trinajstić information content (AvgIpc) is 2.02. The molecule has 1 unspecified atom stereocenters. The number of ether oxygens (including phenoxy) is 1. The molecule has 0 aromatic rings. The molecular formula is C9H22N2OSi. The largest absolute Gasteiger partial charge is 0.365 e. The maximum atomic E-state index is 5.73. The molecule has 78 valence electrons. The normalized spacial score (nSPS) is 14.6. The molecule has 0 aliphatic heterocycles.